The summed E-state index contributed by atoms with van der Waals surface area (Å²) in [5.74, 6) is 0.807. The van der Waals surface area contributed by atoms with E-state index in [-0.39, 0.29) is 5.69 Å². The van der Waals surface area contributed by atoms with Crippen LogP contribution in [-0.2, 0) is 6.54 Å². The molecule has 0 N–H and O–H groups in total. The van der Waals surface area contributed by atoms with Gasteiger partial charge in [-0.25, -0.2) is 4.79 Å². The molecule has 0 unspecified atom stereocenters. The molecule has 3 rings (SSSR count). The highest BCUT2D eigenvalue weighted by Crippen LogP contribution is 2.21. The van der Waals surface area contributed by atoms with Crippen molar-refractivity contribution < 1.29 is 4.74 Å². The predicted octanol–water partition coefficient (Wildman–Crippen LogP) is 3.99. The number of nitrogens with zero attached hydrogens (tertiary/aromatic N) is 2. The average Bonchev–Trinajstić information content (AvgIpc) is 2.81. The molecular formula is C20H22N2O2. The first-order chi connectivity index (χ1) is 11.5. The van der Waals surface area contributed by atoms with Gasteiger partial charge in [-0.3, -0.25) is 9.13 Å². The maximum absolute atomic E-state index is 12.8. The van der Waals surface area contributed by atoms with Gasteiger partial charge in [-0.1, -0.05) is 24.8 Å². The van der Waals surface area contributed by atoms with E-state index in [1.54, 1.807) is 9.13 Å². The fourth-order valence-corrected chi connectivity index (χ4v) is 2.86. The molecule has 0 radical (unpaired) electrons. The van der Waals surface area contributed by atoms with Crippen LogP contribution in [-0.4, -0.2) is 15.7 Å². The van der Waals surface area contributed by atoms with Crippen molar-refractivity contribution in [3.05, 3.63) is 70.7 Å². The molecule has 2 aromatic carbocycles. The Kier molecular flexibility index (Phi) is 4.30. The average molecular weight is 322 g/mol. The number of para-hydroxylation sites is 1. The van der Waals surface area contributed by atoms with Crippen molar-refractivity contribution in [1.29, 1.82) is 0 Å². The monoisotopic (exact) mass is 322 g/mol. The molecule has 0 saturated heterocycles. The van der Waals surface area contributed by atoms with E-state index in [1.165, 1.54) is 5.56 Å². The molecule has 1 aromatic heterocycles. The van der Waals surface area contributed by atoms with Crippen LogP contribution in [0.4, 0.5) is 0 Å². The summed E-state index contributed by atoms with van der Waals surface area (Å²) in [4.78, 5) is 12.8. The van der Waals surface area contributed by atoms with Crippen LogP contribution in [0.2, 0.25) is 0 Å². The van der Waals surface area contributed by atoms with E-state index in [2.05, 4.69) is 32.6 Å². The highest BCUT2D eigenvalue weighted by Gasteiger charge is 2.14. The van der Waals surface area contributed by atoms with E-state index < -0.39 is 0 Å². The zero-order valence-corrected chi connectivity index (χ0v) is 14.4. The third-order valence-electron chi connectivity index (χ3n) is 4.25. The van der Waals surface area contributed by atoms with Gasteiger partial charge in [0.25, 0.3) is 0 Å². The summed E-state index contributed by atoms with van der Waals surface area (Å²) >= 11 is 0. The molecular weight excluding hydrogens is 300 g/mol. The number of rotatable bonds is 5. The summed E-state index contributed by atoms with van der Waals surface area (Å²) < 4.78 is 9.18. The highest BCUT2D eigenvalue weighted by atomic mass is 16.5. The van der Waals surface area contributed by atoms with Crippen molar-refractivity contribution >= 4 is 16.7 Å². The molecule has 0 amide bonds. The molecule has 0 atom stereocenters. The first kappa shape index (κ1) is 16.1. The van der Waals surface area contributed by atoms with Gasteiger partial charge < -0.3 is 4.74 Å². The lowest BCUT2D eigenvalue weighted by Gasteiger charge is -2.07. The molecule has 24 heavy (non-hydrogen) atoms. The molecule has 4 heteroatoms. The van der Waals surface area contributed by atoms with Gasteiger partial charge in [0.2, 0.25) is 0 Å². The van der Waals surface area contributed by atoms with Gasteiger partial charge in [0.15, 0.2) is 0 Å². The standard InChI is InChI=1S/C20H22N2O2/c1-14(2)22-19-13-16(4)15(3)12-18(19)21(20(22)23)10-11-24-17-8-6-5-7-9-17/h5-9,12-13H,1,10-11H2,2-4H3. The number of aryl methyl sites for hydroxylation is 2. The first-order valence-corrected chi connectivity index (χ1v) is 8.05. The van der Waals surface area contributed by atoms with Crippen LogP contribution in [0.3, 0.4) is 0 Å². The van der Waals surface area contributed by atoms with Gasteiger partial charge in [0.1, 0.15) is 12.4 Å². The topological polar surface area (TPSA) is 36.2 Å². The number of hydrogen-bond donors (Lipinski definition) is 0. The lowest BCUT2D eigenvalue weighted by molar-refractivity contribution is 0.298. The van der Waals surface area contributed by atoms with Crippen LogP contribution < -0.4 is 10.4 Å². The van der Waals surface area contributed by atoms with Gasteiger partial charge in [0, 0.05) is 5.70 Å². The maximum Gasteiger partial charge on any atom is 0.333 e. The SMILES string of the molecule is C=C(C)n1c(=O)n(CCOc2ccccc2)c2cc(C)c(C)cc21. The summed E-state index contributed by atoms with van der Waals surface area (Å²) in [6.07, 6.45) is 0. The van der Waals surface area contributed by atoms with Gasteiger partial charge in [-0.2, -0.15) is 0 Å². The zero-order chi connectivity index (χ0) is 17.3. The van der Waals surface area contributed by atoms with Crippen molar-refractivity contribution in [2.24, 2.45) is 0 Å². The number of ether oxygens (including phenoxy) is 1. The Morgan fingerprint density at radius 2 is 1.71 bits per heavy atom. The van der Waals surface area contributed by atoms with E-state index in [9.17, 15) is 4.79 Å². The molecule has 3 aromatic rings. The van der Waals surface area contributed by atoms with Crippen molar-refractivity contribution in [3.8, 4) is 5.75 Å². The van der Waals surface area contributed by atoms with Crippen molar-refractivity contribution in [2.45, 2.75) is 27.3 Å². The third kappa shape index (κ3) is 2.87. The molecule has 1 heterocycles. The molecule has 0 aliphatic carbocycles. The van der Waals surface area contributed by atoms with Crippen LogP contribution in [0, 0.1) is 13.8 Å². The fraction of sp³-hybridized carbons (Fsp3) is 0.250. The van der Waals surface area contributed by atoms with Crippen LogP contribution in [0.25, 0.3) is 16.7 Å². The second kappa shape index (κ2) is 6.40. The number of imidazole rings is 1. The minimum atomic E-state index is -0.0702. The minimum Gasteiger partial charge on any atom is -0.492 e. The van der Waals surface area contributed by atoms with Gasteiger partial charge in [0.05, 0.1) is 17.6 Å². The Balaban J connectivity index is 1.98. The van der Waals surface area contributed by atoms with E-state index >= 15 is 0 Å². The number of aromatic nitrogens is 2. The molecule has 0 fully saturated rings. The Morgan fingerprint density at radius 1 is 1.08 bits per heavy atom. The van der Waals surface area contributed by atoms with Crippen LogP contribution in [0.15, 0.2) is 53.8 Å². The molecule has 0 saturated carbocycles. The minimum absolute atomic E-state index is 0.0702. The van der Waals surface area contributed by atoms with Crippen molar-refractivity contribution in [2.75, 3.05) is 6.61 Å². The number of hydrogen-bond acceptors (Lipinski definition) is 2. The molecule has 0 spiro atoms. The Labute approximate surface area is 141 Å². The summed E-state index contributed by atoms with van der Waals surface area (Å²) in [6.45, 7) is 10.8. The molecule has 0 aliphatic heterocycles. The largest absolute Gasteiger partial charge is 0.492 e. The molecule has 0 aliphatic rings. The van der Waals surface area contributed by atoms with E-state index in [4.69, 9.17) is 4.74 Å². The van der Waals surface area contributed by atoms with Crippen LogP contribution in [0.5, 0.6) is 5.75 Å². The highest BCUT2D eigenvalue weighted by molar-refractivity contribution is 5.81. The third-order valence-corrected chi connectivity index (χ3v) is 4.25. The van der Waals surface area contributed by atoms with E-state index in [0.29, 0.717) is 13.2 Å². The molecule has 124 valence electrons. The zero-order valence-electron chi connectivity index (χ0n) is 14.4. The fourth-order valence-electron chi connectivity index (χ4n) is 2.86. The number of allylic oxidation sites excluding steroid dienone is 1. The molecule has 0 bridgehead atoms. The summed E-state index contributed by atoms with van der Waals surface area (Å²) in [5, 5.41) is 0. The van der Waals surface area contributed by atoms with E-state index in [0.717, 1.165) is 28.0 Å². The maximum atomic E-state index is 12.8. The second-order valence-electron chi connectivity index (χ2n) is 6.09. The second-order valence-corrected chi connectivity index (χ2v) is 6.09. The number of benzene rings is 2. The normalized spacial score (nSPS) is 11.0. The predicted molar refractivity (Wildman–Crippen MR) is 98.6 cm³/mol. The van der Waals surface area contributed by atoms with Gasteiger partial charge >= 0.3 is 5.69 Å². The first-order valence-electron chi connectivity index (χ1n) is 8.05. The Bertz CT molecular complexity index is 949. The lowest BCUT2D eigenvalue weighted by Crippen LogP contribution is -2.25. The summed E-state index contributed by atoms with van der Waals surface area (Å²) in [6, 6.07) is 13.7. The smallest absolute Gasteiger partial charge is 0.333 e. The quantitative estimate of drug-likeness (QED) is 0.712. The molecule has 4 nitrogen and oxygen atoms in total. The van der Waals surface area contributed by atoms with Crippen molar-refractivity contribution in [1.82, 2.24) is 9.13 Å². The lowest BCUT2D eigenvalue weighted by atomic mass is 10.1. The Morgan fingerprint density at radius 3 is 2.33 bits per heavy atom. The van der Waals surface area contributed by atoms with E-state index in [1.807, 2.05) is 37.3 Å². The van der Waals surface area contributed by atoms with Crippen LogP contribution in [0.1, 0.15) is 18.1 Å². The summed E-state index contributed by atoms with van der Waals surface area (Å²) in [5.41, 5.74) is 4.79. The van der Waals surface area contributed by atoms with Gasteiger partial charge in [-0.15, -0.1) is 0 Å². The van der Waals surface area contributed by atoms with Crippen molar-refractivity contribution in [3.63, 3.8) is 0 Å². The van der Waals surface area contributed by atoms with Gasteiger partial charge in [-0.05, 0) is 56.2 Å². The number of fused-ring (bicyclic) bond motifs is 1. The Hall–Kier alpha value is -2.75. The van der Waals surface area contributed by atoms with Crippen LogP contribution >= 0.6 is 0 Å². The summed E-state index contributed by atoms with van der Waals surface area (Å²) in [7, 11) is 0.